The molecule has 8 heteroatoms. The van der Waals surface area contributed by atoms with Crippen LogP contribution >= 0.6 is 22.6 Å². The van der Waals surface area contributed by atoms with E-state index in [1.807, 2.05) is 19.9 Å². The second kappa shape index (κ2) is 9.06. The number of halogens is 1. The molecule has 7 nitrogen and oxygen atoms in total. The number of esters is 1. The van der Waals surface area contributed by atoms with Crippen molar-refractivity contribution in [3.63, 3.8) is 0 Å². The fraction of sp³-hybridized carbons (Fsp3) is 0.429. The quantitative estimate of drug-likeness (QED) is 0.459. The molecule has 1 aliphatic heterocycles. The van der Waals surface area contributed by atoms with Crippen LogP contribution in [0.1, 0.15) is 44.6 Å². The lowest BCUT2D eigenvalue weighted by atomic mass is 9.77. The van der Waals surface area contributed by atoms with Gasteiger partial charge in [-0.05, 0) is 60.6 Å². The third-order valence-corrected chi connectivity index (χ3v) is 5.64. The Bertz CT molecular complexity index is 905. The summed E-state index contributed by atoms with van der Waals surface area (Å²) in [6.45, 7) is 4.71. The summed E-state index contributed by atoms with van der Waals surface area (Å²) in [5, 5.41) is 0. The normalized spacial score (nSPS) is 18.9. The number of benzene rings is 1. The topological polar surface area (TPSA) is 97.1 Å². The van der Waals surface area contributed by atoms with Crippen molar-refractivity contribution >= 4 is 34.3 Å². The van der Waals surface area contributed by atoms with Crippen LogP contribution in [0.5, 0.6) is 11.5 Å². The average Bonchev–Trinajstić information content (AvgIpc) is 2.69. The fourth-order valence-corrected chi connectivity index (χ4v) is 4.48. The number of nitrogens with two attached hydrogens (primary N) is 1. The van der Waals surface area contributed by atoms with Gasteiger partial charge in [-0.1, -0.05) is 0 Å². The van der Waals surface area contributed by atoms with Gasteiger partial charge in [0.15, 0.2) is 17.3 Å². The molecule has 0 spiro atoms. The first kappa shape index (κ1) is 21.5. The molecule has 3 rings (SSSR count). The second-order valence-electron chi connectivity index (χ2n) is 6.61. The Morgan fingerprint density at radius 3 is 2.62 bits per heavy atom. The van der Waals surface area contributed by atoms with Gasteiger partial charge in [-0.3, -0.25) is 4.79 Å². The third kappa shape index (κ3) is 4.08. The number of carbonyl (C=O) groups is 2. The van der Waals surface area contributed by atoms with Crippen molar-refractivity contribution in [2.24, 2.45) is 5.73 Å². The summed E-state index contributed by atoms with van der Waals surface area (Å²) in [6, 6.07) is 3.68. The molecule has 1 aliphatic carbocycles. The van der Waals surface area contributed by atoms with Crippen LogP contribution in [0, 0.1) is 3.57 Å². The van der Waals surface area contributed by atoms with Gasteiger partial charge in [0.05, 0.1) is 29.8 Å². The van der Waals surface area contributed by atoms with Crippen molar-refractivity contribution in [3.8, 4) is 11.5 Å². The molecule has 2 aliphatic rings. The number of carbonyl (C=O) groups excluding carboxylic acids is 2. The van der Waals surface area contributed by atoms with Crippen molar-refractivity contribution in [1.82, 2.24) is 0 Å². The number of ketones is 1. The number of hydrogen-bond acceptors (Lipinski definition) is 7. The molecule has 0 saturated heterocycles. The minimum atomic E-state index is -0.678. The Morgan fingerprint density at radius 1 is 1.24 bits per heavy atom. The van der Waals surface area contributed by atoms with E-state index in [0.717, 1.165) is 3.57 Å². The average molecular weight is 513 g/mol. The summed E-state index contributed by atoms with van der Waals surface area (Å²) in [7, 11) is 1.28. The maximum absolute atomic E-state index is 12.8. The molecule has 1 atom stereocenters. The standard InChI is InChI=1S/C21H24INO6/c1-4-27-15-10-11(9-12(22)19(15)28-5-2)16-17-13(24)7-6-8-14(17)29-20(23)18(16)21(25)26-3/h9-10,16H,4-8,23H2,1-3H3/t16-/m0/s1. The van der Waals surface area contributed by atoms with Gasteiger partial charge in [-0.25, -0.2) is 4.79 Å². The van der Waals surface area contributed by atoms with Crippen molar-refractivity contribution < 1.29 is 28.5 Å². The van der Waals surface area contributed by atoms with Gasteiger partial charge in [0.1, 0.15) is 11.3 Å². The Morgan fingerprint density at radius 2 is 1.97 bits per heavy atom. The van der Waals surface area contributed by atoms with E-state index < -0.39 is 11.9 Å². The van der Waals surface area contributed by atoms with Crippen molar-refractivity contribution in [1.29, 1.82) is 0 Å². The number of rotatable bonds is 6. The smallest absolute Gasteiger partial charge is 0.340 e. The van der Waals surface area contributed by atoms with E-state index in [4.69, 9.17) is 24.7 Å². The van der Waals surface area contributed by atoms with Gasteiger partial charge in [-0.2, -0.15) is 0 Å². The zero-order chi connectivity index (χ0) is 21.1. The van der Waals surface area contributed by atoms with Crippen LogP contribution in [0.3, 0.4) is 0 Å². The highest BCUT2D eigenvalue weighted by atomic mass is 127. The lowest BCUT2D eigenvalue weighted by Crippen LogP contribution is -2.31. The number of methoxy groups -OCH3 is 1. The van der Waals surface area contributed by atoms with Crippen molar-refractivity contribution in [2.45, 2.75) is 39.0 Å². The van der Waals surface area contributed by atoms with Crippen LogP contribution in [-0.4, -0.2) is 32.1 Å². The van der Waals surface area contributed by atoms with Crippen molar-refractivity contribution in [2.75, 3.05) is 20.3 Å². The number of allylic oxidation sites excluding steroid dienone is 2. The summed E-state index contributed by atoms with van der Waals surface area (Å²) >= 11 is 2.16. The highest BCUT2D eigenvalue weighted by molar-refractivity contribution is 14.1. The number of Topliss-reactive ketones (excluding diaryl/α,β-unsaturated/α-hetero) is 1. The molecule has 0 unspecified atom stereocenters. The van der Waals surface area contributed by atoms with Crippen LogP contribution in [0.15, 0.2) is 34.9 Å². The number of ether oxygens (including phenoxy) is 4. The van der Waals surface area contributed by atoms with E-state index in [9.17, 15) is 9.59 Å². The highest BCUT2D eigenvalue weighted by Gasteiger charge is 2.41. The molecule has 0 fully saturated rings. The van der Waals surface area contributed by atoms with Gasteiger partial charge in [0.25, 0.3) is 0 Å². The summed E-state index contributed by atoms with van der Waals surface area (Å²) in [5.74, 6) is 0.325. The van der Waals surface area contributed by atoms with E-state index in [-0.39, 0.29) is 17.2 Å². The molecule has 0 aromatic heterocycles. The zero-order valence-corrected chi connectivity index (χ0v) is 18.8. The molecule has 1 aromatic rings. The van der Waals surface area contributed by atoms with E-state index in [1.165, 1.54) is 7.11 Å². The zero-order valence-electron chi connectivity index (χ0n) is 16.7. The lowest BCUT2D eigenvalue weighted by Gasteiger charge is -2.32. The van der Waals surface area contributed by atoms with E-state index in [2.05, 4.69) is 22.6 Å². The van der Waals surface area contributed by atoms with Gasteiger partial charge >= 0.3 is 5.97 Å². The summed E-state index contributed by atoms with van der Waals surface area (Å²) in [6.07, 6.45) is 1.69. The molecular formula is C21H24INO6. The monoisotopic (exact) mass is 513 g/mol. The Balaban J connectivity index is 2.23. The van der Waals surface area contributed by atoms with Gasteiger partial charge in [-0.15, -0.1) is 0 Å². The fourth-order valence-electron chi connectivity index (χ4n) is 3.70. The van der Waals surface area contributed by atoms with Gasteiger partial charge in [0.2, 0.25) is 5.88 Å². The van der Waals surface area contributed by atoms with E-state index >= 15 is 0 Å². The predicted octanol–water partition coefficient (Wildman–Crippen LogP) is 3.55. The summed E-state index contributed by atoms with van der Waals surface area (Å²) in [5.41, 5.74) is 7.40. The summed E-state index contributed by atoms with van der Waals surface area (Å²) in [4.78, 5) is 25.4. The molecule has 0 radical (unpaired) electrons. The first-order valence-electron chi connectivity index (χ1n) is 9.53. The van der Waals surface area contributed by atoms with Gasteiger partial charge in [0, 0.05) is 18.4 Å². The van der Waals surface area contributed by atoms with Crippen LogP contribution in [-0.2, 0) is 19.1 Å². The highest BCUT2D eigenvalue weighted by Crippen LogP contribution is 2.46. The van der Waals surface area contributed by atoms with Crippen LogP contribution in [0.4, 0.5) is 0 Å². The Labute approximate surface area is 183 Å². The van der Waals surface area contributed by atoms with Crippen LogP contribution in [0.2, 0.25) is 0 Å². The van der Waals surface area contributed by atoms with E-state index in [1.54, 1.807) is 6.07 Å². The maximum Gasteiger partial charge on any atom is 0.340 e. The second-order valence-corrected chi connectivity index (χ2v) is 7.78. The first-order valence-corrected chi connectivity index (χ1v) is 10.6. The minimum Gasteiger partial charge on any atom is -0.490 e. The largest absolute Gasteiger partial charge is 0.490 e. The molecule has 156 valence electrons. The molecule has 1 heterocycles. The molecule has 1 aromatic carbocycles. The number of hydrogen-bond donors (Lipinski definition) is 1. The Kier molecular flexibility index (Phi) is 6.71. The van der Waals surface area contributed by atoms with E-state index in [0.29, 0.717) is 60.9 Å². The van der Waals surface area contributed by atoms with Gasteiger partial charge < -0.3 is 24.7 Å². The predicted molar refractivity (Wildman–Crippen MR) is 114 cm³/mol. The van der Waals surface area contributed by atoms with Crippen molar-refractivity contribution in [3.05, 3.63) is 44.1 Å². The maximum atomic E-state index is 12.8. The molecular weight excluding hydrogens is 489 g/mol. The van der Waals surface area contributed by atoms with Crippen LogP contribution < -0.4 is 15.2 Å². The molecule has 0 amide bonds. The third-order valence-electron chi connectivity index (χ3n) is 4.84. The Hall–Kier alpha value is -2.23. The SMILES string of the molecule is CCOc1cc([C@@H]2C(C(=O)OC)=C(N)OC3=C2C(=O)CCC3)cc(I)c1OCC. The molecule has 0 bridgehead atoms. The molecule has 2 N–H and O–H groups in total. The molecule has 29 heavy (non-hydrogen) atoms. The first-order chi connectivity index (χ1) is 13.9. The lowest BCUT2D eigenvalue weighted by molar-refractivity contribution is -0.136. The van der Waals surface area contributed by atoms with Crippen LogP contribution in [0.25, 0.3) is 0 Å². The molecule has 0 saturated carbocycles. The summed E-state index contributed by atoms with van der Waals surface area (Å²) < 4.78 is 23.0. The minimum absolute atomic E-state index is 0.0304.